The molecule has 0 saturated heterocycles. The van der Waals surface area contributed by atoms with E-state index in [2.05, 4.69) is 20.9 Å². The second-order valence-electron chi connectivity index (χ2n) is 3.20. The van der Waals surface area contributed by atoms with E-state index in [0.29, 0.717) is 17.7 Å². The number of thiophene rings is 1. The van der Waals surface area contributed by atoms with Gasteiger partial charge in [0.25, 0.3) is 0 Å². The van der Waals surface area contributed by atoms with Gasteiger partial charge >= 0.3 is 0 Å². The van der Waals surface area contributed by atoms with Crippen LogP contribution in [0.4, 0.5) is 0 Å². The molecule has 82 valence electrons. The lowest BCUT2D eigenvalue weighted by Gasteiger charge is -2.01. The largest absolute Gasteiger partial charge is 0.325 e. The molecular weight excluding hydrogens is 288 g/mol. The molecular formula is C11H9BrN2OS. The van der Waals surface area contributed by atoms with E-state index >= 15 is 0 Å². The fraction of sp³-hybridized carbons (Fsp3) is 0.0909. The Hall–Kier alpha value is -1.04. The molecule has 0 aliphatic rings. The van der Waals surface area contributed by atoms with Crippen LogP contribution >= 0.6 is 27.3 Å². The first-order valence-corrected chi connectivity index (χ1v) is 6.37. The van der Waals surface area contributed by atoms with E-state index < -0.39 is 0 Å². The number of ketones is 1. The SMILES string of the molecule is NCc1cc(C(=O)c2cscc2Br)ccn1. The minimum Gasteiger partial charge on any atom is -0.325 e. The van der Waals surface area contributed by atoms with Crippen molar-refractivity contribution in [1.82, 2.24) is 4.98 Å². The van der Waals surface area contributed by atoms with Crippen molar-refractivity contribution in [2.24, 2.45) is 5.73 Å². The van der Waals surface area contributed by atoms with Crippen molar-refractivity contribution in [3.8, 4) is 0 Å². The number of rotatable bonds is 3. The Bertz CT molecular complexity index is 524. The van der Waals surface area contributed by atoms with E-state index in [1.165, 1.54) is 11.3 Å². The minimum absolute atomic E-state index is 0.00905. The summed E-state index contributed by atoms with van der Waals surface area (Å²) in [6, 6.07) is 3.43. The number of carbonyl (C=O) groups is 1. The van der Waals surface area contributed by atoms with Crippen molar-refractivity contribution in [1.29, 1.82) is 0 Å². The van der Waals surface area contributed by atoms with Gasteiger partial charge in [0.2, 0.25) is 0 Å². The second-order valence-corrected chi connectivity index (χ2v) is 4.80. The molecule has 0 aliphatic heterocycles. The number of hydrogen-bond donors (Lipinski definition) is 1. The van der Waals surface area contributed by atoms with E-state index in [1.54, 1.807) is 18.3 Å². The van der Waals surface area contributed by atoms with Crippen LogP contribution in [0.5, 0.6) is 0 Å². The number of pyridine rings is 1. The molecule has 5 heteroatoms. The molecule has 2 aromatic rings. The standard InChI is InChI=1S/C11H9BrN2OS/c12-10-6-16-5-9(10)11(15)7-1-2-14-8(3-7)4-13/h1-3,5-6H,4,13H2. The molecule has 0 saturated carbocycles. The molecule has 0 fully saturated rings. The van der Waals surface area contributed by atoms with Crippen LogP contribution in [0.2, 0.25) is 0 Å². The van der Waals surface area contributed by atoms with Crippen LogP contribution in [-0.2, 0) is 6.54 Å². The third-order valence-electron chi connectivity index (χ3n) is 2.15. The summed E-state index contributed by atoms with van der Waals surface area (Å²) >= 11 is 4.84. The Labute approximate surface area is 105 Å². The lowest BCUT2D eigenvalue weighted by Crippen LogP contribution is -2.05. The summed E-state index contributed by atoms with van der Waals surface area (Å²) in [5.41, 5.74) is 7.51. The highest BCUT2D eigenvalue weighted by atomic mass is 79.9. The molecule has 0 unspecified atom stereocenters. The van der Waals surface area contributed by atoms with E-state index in [4.69, 9.17) is 5.73 Å². The van der Waals surface area contributed by atoms with Gasteiger partial charge < -0.3 is 5.73 Å². The number of hydrogen-bond acceptors (Lipinski definition) is 4. The van der Waals surface area contributed by atoms with Crippen molar-refractivity contribution < 1.29 is 4.79 Å². The van der Waals surface area contributed by atoms with Crippen molar-refractivity contribution in [3.63, 3.8) is 0 Å². The number of nitrogens with two attached hydrogens (primary N) is 1. The van der Waals surface area contributed by atoms with Crippen LogP contribution in [0.15, 0.2) is 33.6 Å². The summed E-state index contributed by atoms with van der Waals surface area (Å²) in [7, 11) is 0. The van der Waals surface area contributed by atoms with Crippen molar-refractivity contribution in [2.45, 2.75) is 6.54 Å². The van der Waals surface area contributed by atoms with Gasteiger partial charge in [-0.05, 0) is 28.1 Å². The maximum absolute atomic E-state index is 12.1. The fourth-order valence-corrected chi connectivity index (χ4v) is 2.78. The number of aromatic nitrogens is 1. The predicted octanol–water partition coefficient (Wildman–Crippen LogP) is 2.60. The molecule has 2 aromatic heterocycles. The second kappa shape index (κ2) is 4.86. The highest BCUT2D eigenvalue weighted by molar-refractivity contribution is 9.10. The first-order valence-electron chi connectivity index (χ1n) is 4.63. The molecule has 2 rings (SSSR count). The highest BCUT2D eigenvalue weighted by Gasteiger charge is 2.13. The maximum Gasteiger partial charge on any atom is 0.195 e. The molecule has 2 heterocycles. The highest BCUT2D eigenvalue weighted by Crippen LogP contribution is 2.24. The monoisotopic (exact) mass is 296 g/mol. The first-order chi connectivity index (χ1) is 7.72. The Balaban J connectivity index is 2.38. The molecule has 0 spiro atoms. The summed E-state index contributed by atoms with van der Waals surface area (Å²) in [6.07, 6.45) is 1.61. The quantitative estimate of drug-likeness (QED) is 0.886. The summed E-state index contributed by atoms with van der Waals surface area (Å²) in [4.78, 5) is 16.2. The zero-order chi connectivity index (χ0) is 11.5. The van der Waals surface area contributed by atoms with E-state index in [1.807, 2.05) is 10.8 Å². The lowest BCUT2D eigenvalue weighted by molar-refractivity contribution is 0.103. The van der Waals surface area contributed by atoms with Crippen LogP contribution in [-0.4, -0.2) is 10.8 Å². The van der Waals surface area contributed by atoms with Gasteiger partial charge in [-0.1, -0.05) is 0 Å². The third kappa shape index (κ3) is 2.21. The van der Waals surface area contributed by atoms with Gasteiger partial charge in [-0.2, -0.15) is 11.3 Å². The molecule has 0 atom stereocenters. The predicted molar refractivity (Wildman–Crippen MR) is 67.6 cm³/mol. The Kier molecular flexibility index (Phi) is 3.48. The van der Waals surface area contributed by atoms with Crippen LogP contribution in [0.25, 0.3) is 0 Å². The van der Waals surface area contributed by atoms with E-state index in [-0.39, 0.29) is 5.78 Å². The molecule has 16 heavy (non-hydrogen) atoms. The number of halogens is 1. The third-order valence-corrected chi connectivity index (χ3v) is 3.85. The maximum atomic E-state index is 12.1. The molecule has 0 radical (unpaired) electrons. The Morgan fingerprint density at radius 2 is 2.31 bits per heavy atom. The molecule has 2 N–H and O–H groups in total. The number of nitrogens with zero attached hydrogens (tertiary/aromatic N) is 1. The average molecular weight is 297 g/mol. The van der Waals surface area contributed by atoms with Gasteiger partial charge in [0.1, 0.15) is 0 Å². The molecule has 0 bridgehead atoms. The van der Waals surface area contributed by atoms with Gasteiger partial charge in [0.05, 0.1) is 5.69 Å². The van der Waals surface area contributed by atoms with Crippen LogP contribution in [0.1, 0.15) is 21.6 Å². The van der Waals surface area contributed by atoms with Gasteiger partial charge in [-0.3, -0.25) is 9.78 Å². The van der Waals surface area contributed by atoms with Crippen LogP contribution in [0.3, 0.4) is 0 Å². The van der Waals surface area contributed by atoms with Gasteiger partial charge in [-0.25, -0.2) is 0 Å². The Morgan fingerprint density at radius 3 is 2.94 bits per heavy atom. The summed E-state index contributed by atoms with van der Waals surface area (Å²) in [5, 5.41) is 3.72. The van der Waals surface area contributed by atoms with Gasteiger partial charge in [-0.15, -0.1) is 0 Å². The molecule has 0 amide bonds. The van der Waals surface area contributed by atoms with Crippen molar-refractivity contribution in [2.75, 3.05) is 0 Å². The van der Waals surface area contributed by atoms with Crippen LogP contribution < -0.4 is 5.73 Å². The van der Waals surface area contributed by atoms with Gasteiger partial charge in [0.15, 0.2) is 5.78 Å². The summed E-state index contributed by atoms with van der Waals surface area (Å²) in [6.45, 7) is 0.339. The fourth-order valence-electron chi connectivity index (χ4n) is 1.33. The first kappa shape index (κ1) is 11.4. The molecule has 0 aromatic carbocycles. The molecule has 0 aliphatic carbocycles. The van der Waals surface area contributed by atoms with E-state index in [0.717, 1.165) is 10.2 Å². The normalized spacial score (nSPS) is 10.4. The van der Waals surface area contributed by atoms with E-state index in [9.17, 15) is 4.79 Å². The number of carbonyl (C=O) groups excluding carboxylic acids is 1. The smallest absolute Gasteiger partial charge is 0.195 e. The average Bonchev–Trinajstić information content (AvgIpc) is 2.74. The summed E-state index contributed by atoms with van der Waals surface area (Å²) in [5.74, 6) is -0.00905. The minimum atomic E-state index is -0.00905. The van der Waals surface area contributed by atoms with Gasteiger partial charge in [0, 0.05) is 39.1 Å². The van der Waals surface area contributed by atoms with Crippen molar-refractivity contribution >= 4 is 33.0 Å². The van der Waals surface area contributed by atoms with Crippen LogP contribution in [0, 0.1) is 0 Å². The lowest BCUT2D eigenvalue weighted by atomic mass is 10.1. The molecule has 3 nitrogen and oxygen atoms in total. The zero-order valence-corrected chi connectivity index (χ0v) is 10.7. The topological polar surface area (TPSA) is 56.0 Å². The summed E-state index contributed by atoms with van der Waals surface area (Å²) < 4.78 is 0.827. The Morgan fingerprint density at radius 1 is 1.50 bits per heavy atom. The zero-order valence-electron chi connectivity index (χ0n) is 8.31. The van der Waals surface area contributed by atoms with Crippen molar-refractivity contribution in [3.05, 3.63) is 50.4 Å².